The van der Waals surface area contributed by atoms with Gasteiger partial charge in [0.15, 0.2) is 11.5 Å². The lowest BCUT2D eigenvalue weighted by atomic mass is 10.0. The predicted molar refractivity (Wildman–Crippen MR) is 133 cm³/mol. The van der Waals surface area contributed by atoms with E-state index in [1.54, 1.807) is 17.8 Å². The highest BCUT2D eigenvalue weighted by molar-refractivity contribution is 8.01. The number of thioether (sulfide) groups is 1. The number of likely N-dealkylation sites (tertiary alicyclic amines) is 1. The molecule has 1 atom stereocenters. The Kier molecular flexibility index (Phi) is 6.50. The number of benzene rings is 2. The van der Waals surface area contributed by atoms with Gasteiger partial charge in [-0.1, -0.05) is 23.7 Å². The molecule has 3 N–H and O–H groups in total. The number of hydrogen-bond acceptors (Lipinski definition) is 6. The zero-order chi connectivity index (χ0) is 23.7. The Bertz CT molecular complexity index is 1110. The summed E-state index contributed by atoms with van der Waals surface area (Å²) in [5.41, 5.74) is 2.62. The Hall–Kier alpha value is -2.62. The second kappa shape index (κ2) is 9.56. The number of carbonyl (C=O) groups is 2. The van der Waals surface area contributed by atoms with Crippen molar-refractivity contribution in [3.05, 3.63) is 52.5 Å². The highest BCUT2D eigenvalue weighted by Crippen LogP contribution is 2.39. The van der Waals surface area contributed by atoms with E-state index in [4.69, 9.17) is 21.1 Å². The van der Waals surface area contributed by atoms with Crippen LogP contribution in [-0.4, -0.2) is 53.4 Å². The molecule has 2 aromatic rings. The van der Waals surface area contributed by atoms with E-state index in [9.17, 15) is 9.59 Å². The summed E-state index contributed by atoms with van der Waals surface area (Å²) in [5.74, 6) is 2.13. The van der Waals surface area contributed by atoms with Crippen LogP contribution in [0.3, 0.4) is 0 Å². The van der Waals surface area contributed by atoms with E-state index in [0.717, 1.165) is 29.7 Å². The smallest absolute Gasteiger partial charge is 0.321 e. The van der Waals surface area contributed by atoms with E-state index in [2.05, 4.69) is 16.0 Å². The molecule has 5 rings (SSSR count). The Labute approximate surface area is 207 Å². The van der Waals surface area contributed by atoms with Crippen molar-refractivity contribution in [2.45, 2.75) is 37.2 Å². The number of piperidine rings is 1. The van der Waals surface area contributed by atoms with Crippen LogP contribution in [0.15, 0.2) is 36.4 Å². The molecule has 2 aromatic carbocycles. The normalized spacial score (nSPS) is 20.4. The molecule has 2 saturated heterocycles. The Balaban J connectivity index is 1.09. The van der Waals surface area contributed by atoms with Gasteiger partial charge in [0, 0.05) is 36.1 Å². The van der Waals surface area contributed by atoms with Gasteiger partial charge in [0.2, 0.25) is 12.7 Å². The molecule has 0 aromatic heterocycles. The Morgan fingerprint density at radius 1 is 1.18 bits per heavy atom. The number of nitrogens with zero attached hydrogens (tertiary/aromatic N) is 1. The largest absolute Gasteiger partial charge is 0.454 e. The zero-order valence-electron chi connectivity index (χ0n) is 18.9. The number of fused-ring (bicyclic) bond motifs is 1. The molecule has 0 saturated carbocycles. The minimum atomic E-state index is -0.255. The van der Waals surface area contributed by atoms with Crippen LogP contribution >= 0.6 is 23.4 Å². The number of amides is 3. The van der Waals surface area contributed by atoms with Gasteiger partial charge in [-0.25, -0.2) is 4.79 Å². The average Bonchev–Trinajstić information content (AvgIpc) is 3.47. The fraction of sp³-hybridized carbons (Fsp3) is 0.417. The summed E-state index contributed by atoms with van der Waals surface area (Å²) in [6, 6.07) is 10.8. The molecule has 0 radical (unpaired) electrons. The van der Waals surface area contributed by atoms with Crippen LogP contribution in [0.1, 0.15) is 24.0 Å². The first-order valence-corrected chi connectivity index (χ1v) is 12.7. The van der Waals surface area contributed by atoms with Crippen LogP contribution in [0.4, 0.5) is 10.5 Å². The fourth-order valence-corrected chi connectivity index (χ4v) is 5.98. The molecule has 3 heterocycles. The lowest BCUT2D eigenvalue weighted by molar-refractivity contribution is -0.122. The number of urea groups is 1. The Morgan fingerprint density at radius 3 is 2.76 bits per heavy atom. The summed E-state index contributed by atoms with van der Waals surface area (Å²) < 4.78 is 10.7. The first kappa shape index (κ1) is 23.1. The predicted octanol–water partition coefficient (Wildman–Crippen LogP) is 3.72. The van der Waals surface area contributed by atoms with E-state index in [1.165, 1.54) is 0 Å². The number of carbonyl (C=O) groups excluding carboxylic acids is 2. The number of halogens is 1. The van der Waals surface area contributed by atoms with E-state index in [1.807, 2.05) is 42.2 Å². The quantitative estimate of drug-likeness (QED) is 0.590. The highest BCUT2D eigenvalue weighted by atomic mass is 35.5. The summed E-state index contributed by atoms with van der Waals surface area (Å²) in [6.45, 7) is 3.83. The van der Waals surface area contributed by atoms with Gasteiger partial charge >= 0.3 is 6.03 Å². The number of aryl methyl sites for hydroxylation is 1. The van der Waals surface area contributed by atoms with Gasteiger partial charge in [-0.05, 0) is 55.2 Å². The summed E-state index contributed by atoms with van der Waals surface area (Å²) >= 11 is 7.94. The number of anilines is 1. The van der Waals surface area contributed by atoms with Gasteiger partial charge in [-0.15, -0.1) is 11.8 Å². The van der Waals surface area contributed by atoms with E-state index < -0.39 is 0 Å². The molecule has 10 heteroatoms. The number of hydrogen-bond donors (Lipinski definition) is 3. The molecular weight excluding hydrogens is 476 g/mol. The van der Waals surface area contributed by atoms with E-state index in [0.29, 0.717) is 41.8 Å². The second-order valence-corrected chi connectivity index (χ2v) is 10.6. The summed E-state index contributed by atoms with van der Waals surface area (Å²) in [6.07, 6.45) is 1.57. The summed E-state index contributed by atoms with van der Waals surface area (Å²) in [5, 5.41) is 10.1. The van der Waals surface area contributed by atoms with Crippen LogP contribution in [0.2, 0.25) is 5.02 Å². The van der Waals surface area contributed by atoms with E-state index >= 15 is 0 Å². The van der Waals surface area contributed by atoms with Crippen molar-refractivity contribution in [1.82, 2.24) is 15.5 Å². The average molecular weight is 503 g/mol. The van der Waals surface area contributed by atoms with Gasteiger partial charge < -0.3 is 25.0 Å². The number of rotatable bonds is 4. The van der Waals surface area contributed by atoms with Crippen molar-refractivity contribution < 1.29 is 19.1 Å². The van der Waals surface area contributed by atoms with Crippen molar-refractivity contribution in [3.8, 4) is 11.5 Å². The molecule has 0 aliphatic carbocycles. The van der Waals surface area contributed by atoms with Crippen LogP contribution in [0.5, 0.6) is 11.5 Å². The van der Waals surface area contributed by atoms with Crippen molar-refractivity contribution in [2.24, 2.45) is 0 Å². The molecule has 2 fully saturated rings. The second-order valence-electron chi connectivity index (χ2n) is 8.79. The maximum Gasteiger partial charge on any atom is 0.321 e. The third kappa shape index (κ3) is 4.92. The summed E-state index contributed by atoms with van der Waals surface area (Å²) in [4.78, 5) is 27.1. The molecule has 1 unspecified atom stereocenters. The fourth-order valence-electron chi connectivity index (χ4n) is 4.38. The third-order valence-electron chi connectivity index (χ3n) is 6.47. The molecule has 3 aliphatic rings. The zero-order valence-corrected chi connectivity index (χ0v) is 20.4. The molecular formula is C24H27ClN4O4S. The number of nitrogens with one attached hydrogen (secondary N) is 3. The molecule has 3 aliphatic heterocycles. The standard InChI is InChI=1S/C24H27ClN4O4S/c1-15-2-4-17(11-18(15)25)27-23(31)29-8-6-24(7-9-29)28-19(13-34-24)22(30)26-12-16-3-5-20-21(10-16)33-14-32-20/h2-5,10-11,19,28H,6-9,12-14H2,1H3,(H,26,30)(H,27,31). The molecule has 34 heavy (non-hydrogen) atoms. The van der Waals surface area contributed by atoms with Gasteiger partial charge in [-0.3, -0.25) is 10.1 Å². The minimum absolute atomic E-state index is 0.0153. The van der Waals surface area contributed by atoms with Crippen LogP contribution in [0.25, 0.3) is 0 Å². The van der Waals surface area contributed by atoms with Crippen molar-refractivity contribution in [1.29, 1.82) is 0 Å². The monoisotopic (exact) mass is 502 g/mol. The maximum absolute atomic E-state index is 12.8. The van der Waals surface area contributed by atoms with Gasteiger partial charge in [0.05, 0.1) is 10.9 Å². The molecule has 3 amide bonds. The van der Waals surface area contributed by atoms with Gasteiger partial charge in [0.1, 0.15) is 0 Å². The van der Waals surface area contributed by atoms with E-state index in [-0.39, 0.29) is 29.6 Å². The lowest BCUT2D eigenvalue weighted by Crippen LogP contribution is -2.54. The molecule has 0 bridgehead atoms. The van der Waals surface area contributed by atoms with Crippen LogP contribution in [0, 0.1) is 6.92 Å². The molecule has 180 valence electrons. The summed E-state index contributed by atoms with van der Waals surface area (Å²) in [7, 11) is 0. The first-order chi connectivity index (χ1) is 16.4. The van der Waals surface area contributed by atoms with Crippen LogP contribution < -0.4 is 25.4 Å². The number of ether oxygens (including phenoxy) is 2. The molecule has 8 nitrogen and oxygen atoms in total. The van der Waals surface area contributed by atoms with Crippen molar-refractivity contribution in [2.75, 3.05) is 31.0 Å². The molecule has 1 spiro atoms. The topological polar surface area (TPSA) is 91.9 Å². The van der Waals surface area contributed by atoms with Gasteiger partial charge in [-0.2, -0.15) is 0 Å². The van der Waals surface area contributed by atoms with Crippen molar-refractivity contribution >= 4 is 41.0 Å². The maximum atomic E-state index is 12.8. The Morgan fingerprint density at radius 2 is 1.97 bits per heavy atom. The van der Waals surface area contributed by atoms with Crippen LogP contribution in [-0.2, 0) is 11.3 Å². The lowest BCUT2D eigenvalue weighted by Gasteiger charge is -2.39. The first-order valence-electron chi connectivity index (χ1n) is 11.3. The minimum Gasteiger partial charge on any atom is -0.454 e. The third-order valence-corrected chi connectivity index (χ3v) is 8.45. The SMILES string of the molecule is Cc1ccc(NC(=O)N2CCC3(CC2)NC(C(=O)NCc2ccc4c(c2)OCO4)CS3)cc1Cl. The highest BCUT2D eigenvalue weighted by Gasteiger charge is 2.44. The van der Waals surface area contributed by atoms with Crippen molar-refractivity contribution in [3.63, 3.8) is 0 Å². The van der Waals surface area contributed by atoms with Gasteiger partial charge in [0.25, 0.3) is 0 Å².